The van der Waals surface area contributed by atoms with E-state index < -0.39 is 0 Å². The Morgan fingerprint density at radius 3 is 3.15 bits per heavy atom. The van der Waals surface area contributed by atoms with E-state index in [1.54, 1.807) is 0 Å². The highest BCUT2D eigenvalue weighted by Gasteiger charge is 2.13. The lowest BCUT2D eigenvalue weighted by Gasteiger charge is -2.09. The van der Waals surface area contributed by atoms with Gasteiger partial charge in [-0.2, -0.15) is 0 Å². The predicted octanol–water partition coefficient (Wildman–Crippen LogP) is 3.44. The molecule has 0 aromatic heterocycles. The minimum absolute atomic E-state index is 0.794. The van der Waals surface area contributed by atoms with Crippen molar-refractivity contribution >= 4 is 21.6 Å². The largest absolute Gasteiger partial charge is 0.384 e. The number of hydrogen-bond donors (Lipinski definition) is 1. The third kappa shape index (κ3) is 1.88. The van der Waals surface area contributed by atoms with Gasteiger partial charge in [0.2, 0.25) is 0 Å². The first kappa shape index (κ1) is 9.07. The summed E-state index contributed by atoms with van der Waals surface area (Å²) < 4.78 is 1.19. The Hall–Kier alpha value is -0.500. The minimum atomic E-state index is 0.794. The van der Waals surface area contributed by atoms with Crippen molar-refractivity contribution in [1.82, 2.24) is 0 Å². The average Bonchev–Trinajstić information content (AvgIpc) is 2.27. The summed E-state index contributed by atoms with van der Waals surface area (Å²) in [7, 11) is 0. The molecule has 1 aromatic rings. The normalized spacial score (nSPS) is 21.5. The van der Waals surface area contributed by atoms with E-state index in [9.17, 15) is 0 Å². The summed E-state index contributed by atoms with van der Waals surface area (Å²) in [5, 5.41) is 3.48. The van der Waals surface area contributed by atoms with Crippen LogP contribution < -0.4 is 5.32 Å². The first-order valence-electron chi connectivity index (χ1n) is 4.78. The number of fused-ring (bicyclic) bond motifs is 1. The molecule has 2 heteroatoms. The zero-order valence-electron chi connectivity index (χ0n) is 7.81. The minimum Gasteiger partial charge on any atom is -0.384 e. The van der Waals surface area contributed by atoms with Gasteiger partial charge >= 0.3 is 0 Å². The second kappa shape index (κ2) is 3.70. The van der Waals surface area contributed by atoms with Crippen LogP contribution in [0.25, 0.3) is 0 Å². The SMILES string of the molecule is CC1CCNc2c(Br)cccc2C1. The Bertz CT molecular complexity index is 309. The van der Waals surface area contributed by atoms with Crippen LogP contribution in [0.15, 0.2) is 22.7 Å². The molecule has 2 rings (SSSR count). The summed E-state index contributed by atoms with van der Waals surface area (Å²) in [5.41, 5.74) is 2.74. The van der Waals surface area contributed by atoms with Crippen LogP contribution in [0.3, 0.4) is 0 Å². The highest BCUT2D eigenvalue weighted by Crippen LogP contribution is 2.30. The molecule has 0 aliphatic carbocycles. The second-order valence-electron chi connectivity index (χ2n) is 3.80. The van der Waals surface area contributed by atoms with E-state index in [2.05, 4.69) is 46.4 Å². The Kier molecular flexibility index (Phi) is 2.58. The molecule has 1 aromatic carbocycles. The molecule has 0 bridgehead atoms. The van der Waals surface area contributed by atoms with Gasteiger partial charge in [-0.3, -0.25) is 0 Å². The van der Waals surface area contributed by atoms with Crippen LogP contribution >= 0.6 is 15.9 Å². The molecular formula is C11H14BrN. The zero-order valence-corrected chi connectivity index (χ0v) is 9.39. The van der Waals surface area contributed by atoms with Gasteiger partial charge in [-0.15, -0.1) is 0 Å². The number of anilines is 1. The van der Waals surface area contributed by atoms with Crippen LogP contribution in [0, 0.1) is 5.92 Å². The monoisotopic (exact) mass is 239 g/mol. The summed E-state index contributed by atoms with van der Waals surface area (Å²) in [5.74, 6) is 0.794. The maximum Gasteiger partial charge on any atom is 0.0517 e. The fourth-order valence-electron chi connectivity index (χ4n) is 1.86. The summed E-state index contributed by atoms with van der Waals surface area (Å²) in [4.78, 5) is 0. The van der Waals surface area contributed by atoms with Gasteiger partial charge in [0.05, 0.1) is 5.69 Å². The smallest absolute Gasteiger partial charge is 0.0517 e. The topological polar surface area (TPSA) is 12.0 Å². The van der Waals surface area contributed by atoms with E-state index in [-0.39, 0.29) is 0 Å². The number of benzene rings is 1. The highest BCUT2D eigenvalue weighted by atomic mass is 79.9. The molecule has 1 nitrogen and oxygen atoms in total. The zero-order chi connectivity index (χ0) is 9.26. The summed E-state index contributed by atoms with van der Waals surface area (Å²) in [6.07, 6.45) is 2.46. The van der Waals surface area contributed by atoms with Crippen molar-refractivity contribution in [1.29, 1.82) is 0 Å². The van der Waals surface area contributed by atoms with E-state index in [0.29, 0.717) is 0 Å². The number of rotatable bonds is 0. The standard InChI is InChI=1S/C11H14BrN/c1-8-5-6-13-11-9(7-8)3-2-4-10(11)12/h2-4,8,13H,5-7H2,1H3. The quantitative estimate of drug-likeness (QED) is 0.732. The second-order valence-corrected chi connectivity index (χ2v) is 4.65. The molecule has 1 unspecified atom stereocenters. The number of nitrogens with one attached hydrogen (secondary N) is 1. The predicted molar refractivity (Wildman–Crippen MR) is 60.1 cm³/mol. The van der Waals surface area contributed by atoms with Crippen LogP contribution in [-0.4, -0.2) is 6.54 Å². The maximum absolute atomic E-state index is 3.57. The van der Waals surface area contributed by atoms with E-state index in [0.717, 1.165) is 12.5 Å². The summed E-state index contributed by atoms with van der Waals surface area (Å²) in [6, 6.07) is 6.43. The van der Waals surface area contributed by atoms with E-state index >= 15 is 0 Å². The molecule has 1 atom stereocenters. The van der Waals surface area contributed by atoms with E-state index in [4.69, 9.17) is 0 Å². The third-order valence-electron chi connectivity index (χ3n) is 2.61. The first-order valence-corrected chi connectivity index (χ1v) is 5.58. The number of para-hydroxylation sites is 1. The van der Waals surface area contributed by atoms with Crippen molar-refractivity contribution < 1.29 is 0 Å². The van der Waals surface area contributed by atoms with Gasteiger partial charge in [0.15, 0.2) is 0 Å². The van der Waals surface area contributed by atoms with Gasteiger partial charge < -0.3 is 5.32 Å². The van der Waals surface area contributed by atoms with Crippen molar-refractivity contribution in [3.63, 3.8) is 0 Å². The molecular weight excluding hydrogens is 226 g/mol. The van der Waals surface area contributed by atoms with Gasteiger partial charge in [-0.25, -0.2) is 0 Å². The van der Waals surface area contributed by atoms with Crippen LogP contribution in [0.4, 0.5) is 5.69 Å². The Morgan fingerprint density at radius 1 is 1.46 bits per heavy atom. The Labute approximate surface area is 87.7 Å². The number of halogens is 1. The van der Waals surface area contributed by atoms with Crippen molar-refractivity contribution in [2.24, 2.45) is 5.92 Å². The van der Waals surface area contributed by atoms with Gasteiger partial charge in [-0.05, 0) is 46.3 Å². The molecule has 1 N–H and O–H groups in total. The molecule has 1 heterocycles. The van der Waals surface area contributed by atoms with Gasteiger partial charge in [0.25, 0.3) is 0 Å². The van der Waals surface area contributed by atoms with Crippen LogP contribution in [0.1, 0.15) is 18.9 Å². The molecule has 0 saturated heterocycles. The van der Waals surface area contributed by atoms with Crippen LogP contribution in [-0.2, 0) is 6.42 Å². The lowest BCUT2D eigenvalue weighted by molar-refractivity contribution is 0.558. The molecule has 0 saturated carbocycles. The van der Waals surface area contributed by atoms with Gasteiger partial charge in [-0.1, -0.05) is 19.1 Å². The summed E-state index contributed by atoms with van der Waals surface area (Å²) in [6.45, 7) is 3.41. The van der Waals surface area contributed by atoms with Gasteiger partial charge in [0, 0.05) is 11.0 Å². The molecule has 1 aliphatic heterocycles. The fraction of sp³-hybridized carbons (Fsp3) is 0.455. The molecule has 0 radical (unpaired) electrons. The van der Waals surface area contributed by atoms with E-state index in [1.807, 2.05) is 0 Å². The first-order chi connectivity index (χ1) is 6.27. The lowest BCUT2D eigenvalue weighted by Crippen LogP contribution is -2.02. The summed E-state index contributed by atoms with van der Waals surface area (Å²) >= 11 is 3.57. The average molecular weight is 240 g/mol. The molecule has 70 valence electrons. The van der Waals surface area contributed by atoms with Crippen LogP contribution in [0.5, 0.6) is 0 Å². The Morgan fingerprint density at radius 2 is 2.31 bits per heavy atom. The van der Waals surface area contributed by atoms with Gasteiger partial charge in [0.1, 0.15) is 0 Å². The third-order valence-corrected chi connectivity index (χ3v) is 3.27. The highest BCUT2D eigenvalue weighted by molar-refractivity contribution is 9.10. The van der Waals surface area contributed by atoms with Crippen molar-refractivity contribution in [2.45, 2.75) is 19.8 Å². The van der Waals surface area contributed by atoms with Crippen molar-refractivity contribution in [3.8, 4) is 0 Å². The molecule has 1 aliphatic rings. The van der Waals surface area contributed by atoms with E-state index in [1.165, 1.54) is 28.6 Å². The van der Waals surface area contributed by atoms with Crippen LogP contribution in [0.2, 0.25) is 0 Å². The van der Waals surface area contributed by atoms with Crippen molar-refractivity contribution in [2.75, 3.05) is 11.9 Å². The lowest BCUT2D eigenvalue weighted by atomic mass is 9.99. The maximum atomic E-state index is 3.57. The molecule has 0 fully saturated rings. The molecule has 0 amide bonds. The molecule has 13 heavy (non-hydrogen) atoms. The van der Waals surface area contributed by atoms with Crippen molar-refractivity contribution in [3.05, 3.63) is 28.2 Å². The number of hydrogen-bond acceptors (Lipinski definition) is 1. The molecule has 0 spiro atoms. The Balaban J connectivity index is 2.39. The fourth-order valence-corrected chi connectivity index (χ4v) is 2.41.